The maximum atomic E-state index is 13.1. The molecule has 1 amide bonds. The maximum absolute atomic E-state index is 13.1. The summed E-state index contributed by atoms with van der Waals surface area (Å²) in [5.74, 6) is -2.39. The lowest BCUT2D eigenvalue weighted by Crippen LogP contribution is -2.42. The molecule has 0 unspecified atom stereocenters. The lowest BCUT2D eigenvalue weighted by Gasteiger charge is -2.15. The molecule has 0 aliphatic rings. The third-order valence-electron chi connectivity index (χ3n) is 2.95. The van der Waals surface area contributed by atoms with Gasteiger partial charge >= 0.3 is 5.97 Å². The van der Waals surface area contributed by atoms with Gasteiger partial charge in [0.25, 0.3) is 5.91 Å². The Morgan fingerprint density at radius 1 is 1.32 bits per heavy atom. The van der Waals surface area contributed by atoms with E-state index in [4.69, 9.17) is 0 Å². The summed E-state index contributed by atoms with van der Waals surface area (Å²) in [6.45, 7) is 0. The van der Waals surface area contributed by atoms with Gasteiger partial charge in [-0.2, -0.15) is 0 Å². The normalized spacial score (nSPS) is 11.7. The van der Waals surface area contributed by atoms with E-state index in [9.17, 15) is 19.1 Å². The third kappa shape index (κ3) is 4.11. The molecule has 7 heteroatoms. The fourth-order valence-corrected chi connectivity index (χ4v) is 2.28. The lowest BCUT2D eigenvalue weighted by atomic mass is 10.1. The number of hydrogen-bond acceptors (Lipinski definition) is 3. The van der Waals surface area contributed by atoms with Crippen molar-refractivity contribution in [3.8, 4) is 0 Å². The molecule has 0 saturated carbocycles. The number of nitrogens with one attached hydrogen (secondary N) is 1. The fourth-order valence-electron chi connectivity index (χ4n) is 1.86. The van der Waals surface area contributed by atoms with Gasteiger partial charge in [-0.25, -0.2) is 14.2 Å². The zero-order valence-electron chi connectivity index (χ0n) is 11.3. The number of halogens is 2. The van der Waals surface area contributed by atoms with Crippen molar-refractivity contribution >= 4 is 27.8 Å². The van der Waals surface area contributed by atoms with Gasteiger partial charge in [0.2, 0.25) is 0 Å². The molecule has 0 saturated heterocycles. The molecule has 22 heavy (non-hydrogen) atoms. The van der Waals surface area contributed by atoms with E-state index in [1.807, 2.05) is 0 Å². The summed E-state index contributed by atoms with van der Waals surface area (Å²) in [7, 11) is 0. The van der Waals surface area contributed by atoms with E-state index < -0.39 is 23.7 Å². The molecule has 5 nitrogen and oxygen atoms in total. The summed E-state index contributed by atoms with van der Waals surface area (Å²) in [6, 6.07) is 7.30. The van der Waals surface area contributed by atoms with E-state index in [1.54, 1.807) is 18.3 Å². The summed E-state index contributed by atoms with van der Waals surface area (Å²) in [6.07, 6.45) is 1.62. The van der Waals surface area contributed by atoms with Crippen LogP contribution in [0.5, 0.6) is 0 Å². The standard InChI is InChI=1S/C15H12BrFN2O3/c16-13-9(4-2-6-18-13)8-12(15(21)22)19-14(20)10-3-1-5-11(17)7-10/h1-7,12H,8H2,(H,19,20)(H,21,22)/t12-/m0/s1. The van der Waals surface area contributed by atoms with Crippen molar-refractivity contribution in [2.75, 3.05) is 0 Å². The molecule has 2 N–H and O–H groups in total. The highest BCUT2D eigenvalue weighted by atomic mass is 79.9. The van der Waals surface area contributed by atoms with Crippen LogP contribution >= 0.6 is 15.9 Å². The number of carboxylic acids is 1. The van der Waals surface area contributed by atoms with Crippen LogP contribution in [0.15, 0.2) is 47.2 Å². The average Bonchev–Trinajstić information content (AvgIpc) is 2.48. The minimum atomic E-state index is -1.18. The predicted molar refractivity (Wildman–Crippen MR) is 80.9 cm³/mol. The quantitative estimate of drug-likeness (QED) is 0.796. The Labute approximate surface area is 134 Å². The Bertz CT molecular complexity index is 709. The first kappa shape index (κ1) is 16.1. The summed E-state index contributed by atoms with van der Waals surface area (Å²) in [5, 5.41) is 11.6. The van der Waals surface area contributed by atoms with E-state index in [1.165, 1.54) is 18.2 Å². The van der Waals surface area contributed by atoms with Crippen molar-refractivity contribution in [1.29, 1.82) is 0 Å². The van der Waals surface area contributed by atoms with Crippen LogP contribution in [0.3, 0.4) is 0 Å². The highest BCUT2D eigenvalue weighted by Gasteiger charge is 2.22. The van der Waals surface area contributed by atoms with Crippen LogP contribution in [0.25, 0.3) is 0 Å². The molecule has 1 aromatic carbocycles. The highest BCUT2D eigenvalue weighted by molar-refractivity contribution is 9.10. The average molecular weight is 367 g/mol. The van der Waals surface area contributed by atoms with Crippen LogP contribution < -0.4 is 5.32 Å². The van der Waals surface area contributed by atoms with E-state index >= 15 is 0 Å². The Morgan fingerprint density at radius 3 is 2.73 bits per heavy atom. The van der Waals surface area contributed by atoms with Crippen molar-refractivity contribution in [1.82, 2.24) is 10.3 Å². The number of aliphatic carboxylic acids is 1. The zero-order valence-corrected chi connectivity index (χ0v) is 12.9. The van der Waals surface area contributed by atoms with Crippen molar-refractivity contribution in [3.05, 3.63) is 64.1 Å². The topological polar surface area (TPSA) is 79.3 Å². The molecule has 1 atom stereocenters. The molecule has 114 valence electrons. The van der Waals surface area contributed by atoms with Crippen LogP contribution in [0.1, 0.15) is 15.9 Å². The van der Waals surface area contributed by atoms with E-state index in [2.05, 4.69) is 26.2 Å². The molecule has 2 aromatic rings. The third-order valence-corrected chi connectivity index (χ3v) is 3.66. The number of carboxylic acid groups (broad SMARTS) is 1. The first-order valence-corrected chi connectivity index (χ1v) is 7.15. The first-order valence-electron chi connectivity index (χ1n) is 6.36. The number of benzene rings is 1. The van der Waals surface area contributed by atoms with Crippen LogP contribution in [0, 0.1) is 5.82 Å². The SMILES string of the molecule is O=C(N[C@@H](Cc1cccnc1Br)C(=O)O)c1cccc(F)c1. The highest BCUT2D eigenvalue weighted by Crippen LogP contribution is 2.15. The van der Waals surface area contributed by atoms with Crippen LogP contribution in [0.4, 0.5) is 4.39 Å². The van der Waals surface area contributed by atoms with Crippen molar-refractivity contribution in [3.63, 3.8) is 0 Å². The van der Waals surface area contributed by atoms with Crippen LogP contribution in [0.2, 0.25) is 0 Å². The van der Waals surface area contributed by atoms with Crippen molar-refractivity contribution in [2.24, 2.45) is 0 Å². The predicted octanol–water partition coefficient (Wildman–Crippen LogP) is 2.41. The van der Waals surface area contributed by atoms with Crippen LogP contribution in [-0.2, 0) is 11.2 Å². The summed E-state index contributed by atoms with van der Waals surface area (Å²) in [5.41, 5.74) is 0.714. The molecule has 0 aliphatic heterocycles. The Morgan fingerprint density at radius 2 is 2.09 bits per heavy atom. The number of rotatable bonds is 5. The first-order chi connectivity index (χ1) is 10.5. The second-order valence-electron chi connectivity index (χ2n) is 4.53. The Kier molecular flexibility index (Phi) is 5.21. The van der Waals surface area contributed by atoms with Gasteiger partial charge < -0.3 is 10.4 Å². The molecular formula is C15H12BrFN2O3. The van der Waals surface area contributed by atoms with Gasteiger partial charge in [0.15, 0.2) is 0 Å². The number of hydrogen-bond donors (Lipinski definition) is 2. The van der Waals surface area contributed by atoms with Gasteiger partial charge in [-0.15, -0.1) is 0 Å². The second kappa shape index (κ2) is 7.13. The van der Waals surface area contributed by atoms with Gasteiger partial charge in [-0.1, -0.05) is 12.1 Å². The van der Waals surface area contributed by atoms with E-state index in [0.29, 0.717) is 10.2 Å². The largest absolute Gasteiger partial charge is 0.480 e. The van der Waals surface area contributed by atoms with Gasteiger partial charge in [0.1, 0.15) is 16.5 Å². The molecular weight excluding hydrogens is 355 g/mol. The molecule has 0 spiro atoms. The molecule has 0 radical (unpaired) electrons. The van der Waals surface area contributed by atoms with Gasteiger partial charge in [-0.3, -0.25) is 4.79 Å². The lowest BCUT2D eigenvalue weighted by molar-refractivity contribution is -0.139. The van der Waals surface area contributed by atoms with Crippen molar-refractivity contribution < 1.29 is 19.1 Å². The molecule has 2 rings (SSSR count). The number of pyridine rings is 1. The van der Waals surface area contributed by atoms with Crippen LogP contribution in [-0.4, -0.2) is 28.0 Å². The smallest absolute Gasteiger partial charge is 0.326 e. The minimum Gasteiger partial charge on any atom is -0.480 e. The number of carbonyl (C=O) groups excluding carboxylic acids is 1. The number of amides is 1. The molecule has 0 fully saturated rings. The van der Waals surface area contributed by atoms with Gasteiger partial charge in [-0.05, 0) is 45.8 Å². The van der Waals surface area contributed by atoms with Gasteiger partial charge in [0, 0.05) is 18.2 Å². The number of aromatic nitrogens is 1. The maximum Gasteiger partial charge on any atom is 0.326 e. The molecule has 0 aliphatic carbocycles. The molecule has 0 bridgehead atoms. The molecule has 1 heterocycles. The summed E-state index contributed by atoms with van der Waals surface area (Å²) in [4.78, 5) is 27.3. The Hall–Kier alpha value is -2.28. The van der Waals surface area contributed by atoms with Crippen molar-refractivity contribution in [2.45, 2.75) is 12.5 Å². The minimum absolute atomic E-state index is 0.0603. The summed E-state index contributed by atoms with van der Waals surface area (Å²) < 4.78 is 13.6. The summed E-state index contributed by atoms with van der Waals surface area (Å²) >= 11 is 3.23. The Balaban J connectivity index is 2.14. The monoisotopic (exact) mass is 366 g/mol. The zero-order chi connectivity index (χ0) is 16.1. The van der Waals surface area contributed by atoms with E-state index in [0.717, 1.165) is 6.07 Å². The molecule has 1 aromatic heterocycles. The fraction of sp³-hybridized carbons (Fsp3) is 0.133. The van der Waals surface area contributed by atoms with E-state index in [-0.39, 0.29) is 12.0 Å². The van der Waals surface area contributed by atoms with Gasteiger partial charge in [0.05, 0.1) is 0 Å². The number of carbonyl (C=O) groups is 2. The number of nitrogens with zero attached hydrogens (tertiary/aromatic N) is 1. The second-order valence-corrected chi connectivity index (χ2v) is 5.28.